The van der Waals surface area contributed by atoms with Crippen molar-refractivity contribution in [2.24, 2.45) is 0 Å². The quantitative estimate of drug-likeness (QED) is 0.934. The van der Waals surface area contributed by atoms with Crippen molar-refractivity contribution in [2.45, 2.75) is 13.0 Å². The molecule has 0 fully saturated rings. The van der Waals surface area contributed by atoms with Gasteiger partial charge in [-0.2, -0.15) is 0 Å². The molecule has 0 aliphatic carbocycles. The number of thiophene rings is 1. The number of nitrogens with zero attached hydrogens (tertiary/aromatic N) is 1. The SMILES string of the molecule is CNC(=O)c1ccc(OCC(=O)N2CCc3sccc3C2)cc1. The number of nitrogens with one attached hydrogen (secondary N) is 1. The summed E-state index contributed by atoms with van der Waals surface area (Å²) in [5, 5.41) is 4.63. The first-order valence-electron chi connectivity index (χ1n) is 7.45. The van der Waals surface area contributed by atoms with E-state index in [1.807, 2.05) is 4.90 Å². The zero-order valence-corrected chi connectivity index (χ0v) is 13.7. The molecular formula is C17H18N2O3S. The van der Waals surface area contributed by atoms with Crippen molar-refractivity contribution in [3.8, 4) is 5.75 Å². The molecule has 0 bridgehead atoms. The molecule has 1 aromatic carbocycles. The minimum atomic E-state index is -0.146. The number of ether oxygens (including phenoxy) is 1. The van der Waals surface area contributed by atoms with Crippen molar-refractivity contribution in [1.29, 1.82) is 0 Å². The fourth-order valence-electron chi connectivity index (χ4n) is 2.54. The van der Waals surface area contributed by atoms with Crippen molar-refractivity contribution in [1.82, 2.24) is 10.2 Å². The van der Waals surface area contributed by atoms with E-state index in [-0.39, 0.29) is 18.4 Å². The fourth-order valence-corrected chi connectivity index (χ4v) is 3.43. The predicted molar refractivity (Wildman–Crippen MR) is 88.8 cm³/mol. The van der Waals surface area contributed by atoms with Crippen LogP contribution in [0.2, 0.25) is 0 Å². The molecule has 5 nitrogen and oxygen atoms in total. The number of fused-ring (bicyclic) bond motifs is 1. The molecule has 2 aromatic rings. The zero-order chi connectivity index (χ0) is 16.2. The Balaban J connectivity index is 1.54. The monoisotopic (exact) mass is 330 g/mol. The number of rotatable bonds is 4. The third kappa shape index (κ3) is 3.53. The highest BCUT2D eigenvalue weighted by Gasteiger charge is 2.21. The van der Waals surface area contributed by atoms with Gasteiger partial charge in [0.15, 0.2) is 6.61 Å². The summed E-state index contributed by atoms with van der Waals surface area (Å²) in [5.74, 6) is 0.420. The molecular weight excluding hydrogens is 312 g/mol. The Labute approximate surface area is 138 Å². The molecule has 2 heterocycles. The summed E-state index contributed by atoms with van der Waals surface area (Å²) in [6.45, 7) is 1.42. The van der Waals surface area contributed by atoms with Crippen LogP contribution in [0.1, 0.15) is 20.8 Å². The van der Waals surface area contributed by atoms with E-state index in [0.717, 1.165) is 13.0 Å². The molecule has 0 saturated heterocycles. The Morgan fingerprint density at radius 2 is 2.04 bits per heavy atom. The molecule has 0 atom stereocenters. The van der Waals surface area contributed by atoms with Crippen LogP contribution in [0.25, 0.3) is 0 Å². The lowest BCUT2D eigenvalue weighted by atomic mass is 10.1. The highest BCUT2D eigenvalue weighted by Crippen LogP contribution is 2.24. The van der Waals surface area contributed by atoms with Crippen LogP contribution in [0.15, 0.2) is 35.7 Å². The van der Waals surface area contributed by atoms with Gasteiger partial charge in [-0.15, -0.1) is 11.3 Å². The molecule has 0 unspecified atom stereocenters. The first-order valence-corrected chi connectivity index (χ1v) is 8.33. The van der Waals surface area contributed by atoms with E-state index in [2.05, 4.69) is 16.8 Å². The molecule has 23 heavy (non-hydrogen) atoms. The van der Waals surface area contributed by atoms with E-state index in [1.54, 1.807) is 42.6 Å². The van der Waals surface area contributed by atoms with Crippen molar-refractivity contribution in [3.05, 3.63) is 51.7 Å². The standard InChI is InChI=1S/C17H18N2O3S/c1-18-17(21)12-2-4-14(5-3-12)22-11-16(20)19-8-6-15-13(10-19)7-9-23-15/h2-5,7,9H,6,8,10-11H2,1H3,(H,18,21). The van der Waals surface area contributed by atoms with Crippen LogP contribution in [-0.4, -0.2) is 36.9 Å². The van der Waals surface area contributed by atoms with Gasteiger partial charge in [0.1, 0.15) is 5.75 Å². The Bertz CT molecular complexity index is 709. The van der Waals surface area contributed by atoms with Crippen LogP contribution in [0.5, 0.6) is 5.75 Å². The average molecular weight is 330 g/mol. The van der Waals surface area contributed by atoms with Crippen molar-refractivity contribution in [2.75, 3.05) is 20.2 Å². The van der Waals surface area contributed by atoms with Gasteiger partial charge in [0.25, 0.3) is 11.8 Å². The first-order chi connectivity index (χ1) is 11.2. The summed E-state index contributed by atoms with van der Waals surface area (Å²) >= 11 is 1.75. The second-order valence-corrected chi connectivity index (χ2v) is 6.33. The maximum atomic E-state index is 12.3. The Morgan fingerprint density at radius 1 is 1.26 bits per heavy atom. The molecule has 0 radical (unpaired) electrons. The molecule has 1 N–H and O–H groups in total. The van der Waals surface area contributed by atoms with Gasteiger partial charge in [-0.3, -0.25) is 9.59 Å². The van der Waals surface area contributed by atoms with E-state index in [9.17, 15) is 9.59 Å². The largest absolute Gasteiger partial charge is 0.484 e. The summed E-state index contributed by atoms with van der Waals surface area (Å²) in [7, 11) is 1.59. The normalized spacial score (nSPS) is 13.3. The van der Waals surface area contributed by atoms with Crippen molar-refractivity contribution in [3.63, 3.8) is 0 Å². The van der Waals surface area contributed by atoms with Gasteiger partial charge in [0.05, 0.1) is 0 Å². The van der Waals surface area contributed by atoms with Crippen LogP contribution < -0.4 is 10.1 Å². The number of carbonyl (C=O) groups is 2. The highest BCUT2D eigenvalue weighted by atomic mass is 32.1. The maximum absolute atomic E-state index is 12.3. The smallest absolute Gasteiger partial charge is 0.260 e. The minimum absolute atomic E-state index is 0.0127. The van der Waals surface area contributed by atoms with Crippen LogP contribution in [-0.2, 0) is 17.8 Å². The summed E-state index contributed by atoms with van der Waals surface area (Å²) in [6.07, 6.45) is 0.916. The second-order valence-electron chi connectivity index (χ2n) is 5.33. The Kier molecular flexibility index (Phi) is 4.62. The first kappa shape index (κ1) is 15.6. The predicted octanol–water partition coefficient (Wildman–Crippen LogP) is 2.07. The van der Waals surface area contributed by atoms with E-state index in [0.29, 0.717) is 17.9 Å². The van der Waals surface area contributed by atoms with Crippen LogP contribution in [0, 0.1) is 0 Å². The Morgan fingerprint density at radius 3 is 2.78 bits per heavy atom. The molecule has 1 aliphatic rings. The van der Waals surface area contributed by atoms with Gasteiger partial charge >= 0.3 is 0 Å². The molecule has 3 rings (SSSR count). The number of benzene rings is 1. The molecule has 120 valence electrons. The summed E-state index contributed by atoms with van der Waals surface area (Å²) < 4.78 is 5.54. The molecule has 2 amide bonds. The Hall–Kier alpha value is -2.34. The zero-order valence-electron chi connectivity index (χ0n) is 12.9. The van der Waals surface area contributed by atoms with E-state index in [4.69, 9.17) is 4.74 Å². The van der Waals surface area contributed by atoms with Crippen LogP contribution >= 0.6 is 11.3 Å². The molecule has 0 spiro atoms. The van der Waals surface area contributed by atoms with Crippen LogP contribution in [0.3, 0.4) is 0 Å². The van der Waals surface area contributed by atoms with Crippen molar-refractivity contribution >= 4 is 23.2 Å². The molecule has 1 aliphatic heterocycles. The summed E-state index contributed by atoms with van der Waals surface area (Å²) in [5.41, 5.74) is 1.80. The van der Waals surface area contributed by atoms with Gasteiger partial charge < -0.3 is 15.0 Å². The lowest BCUT2D eigenvalue weighted by molar-refractivity contribution is -0.134. The number of hydrogen-bond acceptors (Lipinski definition) is 4. The third-order valence-electron chi connectivity index (χ3n) is 3.87. The van der Waals surface area contributed by atoms with Gasteiger partial charge in [-0.1, -0.05) is 0 Å². The average Bonchev–Trinajstić information content (AvgIpc) is 3.07. The lowest BCUT2D eigenvalue weighted by Crippen LogP contribution is -2.38. The van der Waals surface area contributed by atoms with Gasteiger partial charge in [0.2, 0.25) is 0 Å². The van der Waals surface area contributed by atoms with Gasteiger partial charge in [0, 0.05) is 30.6 Å². The van der Waals surface area contributed by atoms with E-state index >= 15 is 0 Å². The number of amides is 2. The minimum Gasteiger partial charge on any atom is -0.484 e. The molecule has 0 saturated carbocycles. The summed E-state index contributed by atoms with van der Waals surface area (Å²) in [6, 6.07) is 8.84. The van der Waals surface area contributed by atoms with E-state index in [1.165, 1.54) is 10.4 Å². The van der Waals surface area contributed by atoms with Gasteiger partial charge in [-0.05, 0) is 47.7 Å². The van der Waals surface area contributed by atoms with Crippen LogP contribution in [0.4, 0.5) is 0 Å². The summed E-state index contributed by atoms with van der Waals surface area (Å²) in [4.78, 5) is 26.9. The number of carbonyl (C=O) groups excluding carboxylic acids is 2. The second kappa shape index (κ2) is 6.83. The highest BCUT2D eigenvalue weighted by molar-refractivity contribution is 7.10. The molecule has 1 aromatic heterocycles. The third-order valence-corrected chi connectivity index (χ3v) is 4.89. The number of hydrogen-bond donors (Lipinski definition) is 1. The fraction of sp³-hybridized carbons (Fsp3) is 0.294. The maximum Gasteiger partial charge on any atom is 0.260 e. The lowest BCUT2D eigenvalue weighted by Gasteiger charge is -2.27. The van der Waals surface area contributed by atoms with E-state index < -0.39 is 0 Å². The molecule has 6 heteroatoms. The van der Waals surface area contributed by atoms with Crippen molar-refractivity contribution < 1.29 is 14.3 Å². The topological polar surface area (TPSA) is 58.6 Å². The van der Waals surface area contributed by atoms with Gasteiger partial charge in [-0.25, -0.2) is 0 Å².